The molecule has 0 bridgehead atoms. The summed E-state index contributed by atoms with van der Waals surface area (Å²) in [7, 11) is 0. The molecular formula is C32H52N6O5. The monoisotopic (exact) mass is 600 g/mol. The second-order valence-corrected chi connectivity index (χ2v) is 13.3. The Bertz CT molecular complexity index is 1120. The highest BCUT2D eigenvalue weighted by Gasteiger charge is 2.36. The topological polar surface area (TPSA) is 172 Å². The minimum atomic E-state index is -1.04. The lowest BCUT2D eigenvalue weighted by Gasteiger charge is -2.28. The summed E-state index contributed by atoms with van der Waals surface area (Å²) in [6.07, 6.45) is 1.11. The molecule has 0 aromatic heterocycles. The number of nitrogens with one attached hydrogen (secondary N) is 5. The molecular weight excluding hydrogens is 548 g/mol. The van der Waals surface area contributed by atoms with Gasteiger partial charge in [-0.25, -0.2) is 0 Å². The molecule has 0 spiro atoms. The van der Waals surface area contributed by atoms with Crippen LogP contribution in [0.5, 0.6) is 0 Å². The van der Waals surface area contributed by atoms with Crippen molar-refractivity contribution in [3.8, 4) is 0 Å². The average molecular weight is 601 g/mol. The Labute approximate surface area is 256 Å². The zero-order chi connectivity index (χ0) is 32.4. The molecule has 2 rings (SSSR count). The molecule has 0 saturated carbocycles. The third-order valence-electron chi connectivity index (χ3n) is 7.32. The summed E-state index contributed by atoms with van der Waals surface area (Å²) in [5, 5.41) is 14.2. The highest BCUT2D eigenvalue weighted by Crippen LogP contribution is 2.14. The van der Waals surface area contributed by atoms with Crippen molar-refractivity contribution in [1.29, 1.82) is 0 Å². The van der Waals surface area contributed by atoms with Crippen LogP contribution in [0.3, 0.4) is 0 Å². The number of hydrogen-bond acceptors (Lipinski definition) is 6. The van der Waals surface area contributed by atoms with Gasteiger partial charge in [0.05, 0.1) is 0 Å². The van der Waals surface area contributed by atoms with Crippen molar-refractivity contribution in [2.24, 2.45) is 23.7 Å². The number of carbonyl (C=O) groups excluding carboxylic acids is 5. The minimum Gasteiger partial charge on any atom is -0.399 e. The standard InChI is InChI=1S/C32H52N6O5/c1-17(2)13-23-28(39)35-25(15-19(5)6)31(42)38-27(20(7)8)32(43)37-24(14-18(3)4)29(40)36-26(30(41)34-23)16-21-9-11-22(33)12-10-21/h9-12,17-20,23-27H,13-16,33H2,1-8H3,(H,34,41)(H,35,39)(H,36,40)(H,37,43)(H,38,42). The molecule has 1 saturated heterocycles. The molecule has 1 aliphatic heterocycles. The van der Waals surface area contributed by atoms with Crippen LogP contribution in [0.2, 0.25) is 0 Å². The van der Waals surface area contributed by atoms with Crippen LogP contribution >= 0.6 is 0 Å². The van der Waals surface area contributed by atoms with E-state index >= 15 is 0 Å². The molecule has 1 heterocycles. The van der Waals surface area contributed by atoms with Crippen LogP contribution in [0, 0.1) is 23.7 Å². The number of amides is 5. The summed E-state index contributed by atoms with van der Waals surface area (Å²) in [4.78, 5) is 68.1. The molecule has 240 valence electrons. The zero-order valence-corrected chi connectivity index (χ0v) is 27.0. The molecule has 1 aliphatic rings. The van der Waals surface area contributed by atoms with Crippen LogP contribution in [0.25, 0.3) is 0 Å². The van der Waals surface area contributed by atoms with Gasteiger partial charge in [-0.05, 0) is 60.6 Å². The fraction of sp³-hybridized carbons (Fsp3) is 0.656. The first-order chi connectivity index (χ1) is 20.1. The number of benzene rings is 1. The van der Waals surface area contributed by atoms with Crippen molar-refractivity contribution in [3.05, 3.63) is 29.8 Å². The summed E-state index contributed by atoms with van der Waals surface area (Å²) < 4.78 is 0. The Hall–Kier alpha value is -3.63. The molecule has 5 atom stereocenters. The van der Waals surface area contributed by atoms with Crippen LogP contribution in [-0.4, -0.2) is 59.7 Å². The summed E-state index contributed by atoms with van der Waals surface area (Å²) in [5.74, 6) is -2.72. The van der Waals surface area contributed by atoms with E-state index in [1.54, 1.807) is 38.1 Å². The van der Waals surface area contributed by atoms with E-state index in [1.807, 2.05) is 41.5 Å². The lowest BCUT2D eigenvalue weighted by atomic mass is 9.98. The van der Waals surface area contributed by atoms with Gasteiger partial charge in [-0.2, -0.15) is 0 Å². The van der Waals surface area contributed by atoms with Gasteiger partial charge in [0, 0.05) is 12.1 Å². The van der Waals surface area contributed by atoms with Crippen molar-refractivity contribution >= 4 is 35.2 Å². The van der Waals surface area contributed by atoms with Crippen LogP contribution in [0.1, 0.15) is 80.2 Å². The molecule has 1 aromatic carbocycles. The maximum atomic E-state index is 13.8. The van der Waals surface area contributed by atoms with Gasteiger partial charge < -0.3 is 32.3 Å². The van der Waals surface area contributed by atoms with Crippen LogP contribution in [-0.2, 0) is 30.4 Å². The first-order valence-electron chi connectivity index (χ1n) is 15.4. The van der Waals surface area contributed by atoms with E-state index < -0.39 is 59.7 Å². The zero-order valence-electron chi connectivity index (χ0n) is 27.0. The molecule has 7 N–H and O–H groups in total. The number of carbonyl (C=O) groups is 5. The third-order valence-corrected chi connectivity index (χ3v) is 7.32. The fourth-order valence-corrected chi connectivity index (χ4v) is 5.07. The molecule has 1 fully saturated rings. The molecule has 5 unspecified atom stereocenters. The van der Waals surface area contributed by atoms with Gasteiger partial charge in [0.1, 0.15) is 30.2 Å². The lowest BCUT2D eigenvalue weighted by Crippen LogP contribution is -2.59. The Balaban J connectivity index is 2.60. The molecule has 11 heteroatoms. The Morgan fingerprint density at radius 2 is 0.884 bits per heavy atom. The van der Waals surface area contributed by atoms with E-state index in [1.165, 1.54) is 0 Å². The molecule has 5 amide bonds. The Morgan fingerprint density at radius 3 is 1.28 bits per heavy atom. The SMILES string of the molecule is CC(C)CC1NC(=O)C(Cc2ccc(N)cc2)NC(=O)C(CC(C)C)NC(=O)C(C(C)C)NC(=O)C(CC(C)C)NC1=O. The van der Waals surface area contributed by atoms with Gasteiger partial charge in [0.15, 0.2) is 0 Å². The molecule has 1 aromatic rings. The lowest BCUT2D eigenvalue weighted by molar-refractivity contribution is -0.135. The highest BCUT2D eigenvalue weighted by molar-refractivity contribution is 5.98. The normalized spacial score (nSPS) is 24.7. The van der Waals surface area contributed by atoms with Gasteiger partial charge in [-0.3, -0.25) is 24.0 Å². The van der Waals surface area contributed by atoms with Gasteiger partial charge in [-0.15, -0.1) is 0 Å². The number of hydrogen-bond donors (Lipinski definition) is 6. The average Bonchev–Trinajstić information content (AvgIpc) is 2.89. The summed E-state index contributed by atoms with van der Waals surface area (Å²) in [6.45, 7) is 15.2. The second kappa shape index (κ2) is 16.3. The van der Waals surface area contributed by atoms with Crippen molar-refractivity contribution in [1.82, 2.24) is 26.6 Å². The van der Waals surface area contributed by atoms with Crippen molar-refractivity contribution in [2.75, 3.05) is 5.73 Å². The van der Waals surface area contributed by atoms with Crippen molar-refractivity contribution in [2.45, 2.75) is 111 Å². The maximum Gasteiger partial charge on any atom is 0.243 e. The number of rotatable bonds is 9. The van der Waals surface area contributed by atoms with E-state index in [4.69, 9.17) is 5.73 Å². The summed E-state index contributed by atoms with van der Waals surface area (Å²) in [5.41, 5.74) is 7.16. The first kappa shape index (κ1) is 35.6. The number of anilines is 1. The van der Waals surface area contributed by atoms with E-state index in [-0.39, 0.29) is 30.1 Å². The molecule has 43 heavy (non-hydrogen) atoms. The molecule has 11 nitrogen and oxygen atoms in total. The molecule has 0 aliphatic carbocycles. The van der Waals surface area contributed by atoms with E-state index in [2.05, 4.69) is 26.6 Å². The summed E-state index contributed by atoms with van der Waals surface area (Å²) >= 11 is 0. The second-order valence-electron chi connectivity index (χ2n) is 13.3. The smallest absolute Gasteiger partial charge is 0.243 e. The Morgan fingerprint density at radius 1 is 0.535 bits per heavy atom. The minimum absolute atomic E-state index is 0.0438. The van der Waals surface area contributed by atoms with Gasteiger partial charge in [0.25, 0.3) is 0 Å². The number of nitrogens with two attached hydrogens (primary N) is 1. The van der Waals surface area contributed by atoms with Crippen molar-refractivity contribution < 1.29 is 24.0 Å². The number of nitrogen functional groups attached to an aromatic ring is 1. The van der Waals surface area contributed by atoms with E-state index in [9.17, 15) is 24.0 Å². The van der Waals surface area contributed by atoms with Gasteiger partial charge in [-0.1, -0.05) is 67.5 Å². The Kier molecular flexibility index (Phi) is 13.5. The first-order valence-corrected chi connectivity index (χ1v) is 15.4. The fourth-order valence-electron chi connectivity index (χ4n) is 5.07. The van der Waals surface area contributed by atoms with E-state index in [0.29, 0.717) is 24.9 Å². The molecule has 0 radical (unpaired) electrons. The predicted molar refractivity (Wildman–Crippen MR) is 167 cm³/mol. The van der Waals surface area contributed by atoms with Gasteiger partial charge >= 0.3 is 0 Å². The van der Waals surface area contributed by atoms with Crippen LogP contribution in [0.4, 0.5) is 5.69 Å². The quantitative estimate of drug-likeness (QED) is 0.237. The predicted octanol–water partition coefficient (Wildman–Crippen LogP) is 2.04. The maximum absolute atomic E-state index is 13.8. The van der Waals surface area contributed by atoms with Gasteiger partial charge in [0.2, 0.25) is 29.5 Å². The van der Waals surface area contributed by atoms with E-state index in [0.717, 1.165) is 5.56 Å². The largest absolute Gasteiger partial charge is 0.399 e. The van der Waals surface area contributed by atoms with Crippen LogP contribution < -0.4 is 32.3 Å². The summed E-state index contributed by atoms with van der Waals surface area (Å²) in [6, 6.07) is 2.18. The third kappa shape index (κ3) is 11.5. The van der Waals surface area contributed by atoms with Crippen molar-refractivity contribution in [3.63, 3.8) is 0 Å². The van der Waals surface area contributed by atoms with Crippen LogP contribution in [0.15, 0.2) is 24.3 Å². The highest BCUT2D eigenvalue weighted by atomic mass is 16.2.